The molecule has 1 heterocycles. The highest BCUT2D eigenvalue weighted by Gasteiger charge is 2.46. The van der Waals surface area contributed by atoms with Crippen molar-refractivity contribution >= 4 is 11.9 Å². The van der Waals surface area contributed by atoms with Crippen molar-refractivity contribution in [1.29, 1.82) is 0 Å². The van der Waals surface area contributed by atoms with Gasteiger partial charge in [-0.2, -0.15) is 0 Å². The van der Waals surface area contributed by atoms with Gasteiger partial charge in [0.2, 0.25) is 0 Å². The number of aliphatic hydroxyl groups excluding tert-OH is 1. The lowest BCUT2D eigenvalue weighted by atomic mass is 9.86. The lowest BCUT2D eigenvalue weighted by molar-refractivity contribution is -0.143. The van der Waals surface area contributed by atoms with Crippen LogP contribution in [-0.4, -0.2) is 55.2 Å². The van der Waals surface area contributed by atoms with E-state index in [1.807, 2.05) is 55.5 Å². The smallest absolute Gasteiger partial charge is 0.338 e. The highest BCUT2D eigenvalue weighted by Crippen LogP contribution is 2.43. The maximum Gasteiger partial charge on any atom is 0.338 e. The summed E-state index contributed by atoms with van der Waals surface area (Å²) in [6, 6.07) is 20.1. The van der Waals surface area contributed by atoms with Gasteiger partial charge in [-0.3, -0.25) is 4.79 Å². The number of rotatable bonds is 14. The Morgan fingerprint density at radius 1 is 1.02 bits per heavy atom. The van der Waals surface area contributed by atoms with Crippen LogP contribution in [-0.2, 0) is 19.0 Å². The number of halogens is 2. The van der Waals surface area contributed by atoms with E-state index in [9.17, 15) is 23.5 Å². The minimum atomic E-state index is -1.11. The number of aliphatic hydroxyl groups is 1. The minimum Gasteiger partial charge on any atom is -0.487 e. The van der Waals surface area contributed by atoms with E-state index in [1.165, 1.54) is 0 Å². The molecule has 3 aromatic carbocycles. The molecule has 2 fully saturated rings. The largest absolute Gasteiger partial charge is 0.487 e. The number of carbonyl (C=O) groups excluding carboxylic acids is 2. The van der Waals surface area contributed by atoms with E-state index >= 15 is 0 Å². The van der Waals surface area contributed by atoms with Gasteiger partial charge >= 0.3 is 11.9 Å². The molecule has 6 atom stereocenters. The molecule has 2 aliphatic rings. The molecule has 7 nitrogen and oxygen atoms in total. The van der Waals surface area contributed by atoms with Crippen LogP contribution in [0, 0.1) is 29.4 Å². The molecule has 1 aliphatic carbocycles. The van der Waals surface area contributed by atoms with Crippen LogP contribution in [0.1, 0.15) is 62.2 Å². The first-order valence-electron chi connectivity index (χ1n) is 16.9. The first kappa shape index (κ1) is 35.2. The van der Waals surface area contributed by atoms with Gasteiger partial charge in [0.05, 0.1) is 18.3 Å². The fraction of sp³-hybridized carbons (Fsp3) is 0.436. The molecule has 9 heteroatoms. The molecule has 0 radical (unpaired) electrons. The standard InChI is InChI=1S/C39H44F2O7/c1-2-21-45-38(43)10-6-7-26-11-18-32-33(19-17-31(42)25-47-37-22-30(40)16-20-34(37)41)36(23-35(32)46-24-26)48-39(44)29-14-12-28(13-15-29)27-8-4-3-5-9-27/h3-5,8-9,12-17,19-20,22,26,31-33,35-36,42H,2,6-7,10-11,18,21,23-25H2,1H3/b19-17+/t26?,31-,32?,33?,35?,36?/m1/s1. The van der Waals surface area contributed by atoms with Crippen LogP contribution >= 0.6 is 0 Å². The molecule has 1 saturated heterocycles. The van der Waals surface area contributed by atoms with Gasteiger partial charge in [-0.05, 0) is 79.3 Å². The molecule has 48 heavy (non-hydrogen) atoms. The molecule has 0 spiro atoms. The van der Waals surface area contributed by atoms with Crippen LogP contribution in [0.4, 0.5) is 8.78 Å². The molecule has 0 bridgehead atoms. The SMILES string of the molecule is CCCOC(=O)CCCC1CCC2C(CC(OC(=O)c3ccc(-c4ccccc4)cc3)C2/C=C/[C@@H](O)COc2cc(F)ccc2F)OC1. The Morgan fingerprint density at radius 3 is 2.56 bits per heavy atom. The van der Waals surface area contributed by atoms with Crippen LogP contribution in [0.3, 0.4) is 0 Å². The predicted octanol–water partition coefficient (Wildman–Crippen LogP) is 7.71. The summed E-state index contributed by atoms with van der Waals surface area (Å²) in [6.07, 6.45) is 6.64. The Labute approximate surface area is 280 Å². The molecule has 1 saturated carbocycles. The van der Waals surface area contributed by atoms with Crippen LogP contribution in [0.5, 0.6) is 5.75 Å². The van der Waals surface area contributed by atoms with E-state index in [0.717, 1.165) is 61.4 Å². The number of esters is 2. The van der Waals surface area contributed by atoms with Crippen molar-refractivity contribution in [3.8, 4) is 16.9 Å². The van der Waals surface area contributed by atoms with Crippen molar-refractivity contribution < 1.29 is 42.4 Å². The summed E-state index contributed by atoms with van der Waals surface area (Å²) < 4.78 is 50.6. The minimum absolute atomic E-state index is 0.0350. The Balaban J connectivity index is 1.24. The van der Waals surface area contributed by atoms with Gasteiger partial charge in [-0.15, -0.1) is 0 Å². The predicted molar refractivity (Wildman–Crippen MR) is 177 cm³/mol. The van der Waals surface area contributed by atoms with Crippen LogP contribution in [0.25, 0.3) is 11.1 Å². The van der Waals surface area contributed by atoms with Gasteiger partial charge in [-0.1, -0.05) is 61.5 Å². The molecule has 0 aromatic heterocycles. The second-order valence-corrected chi connectivity index (χ2v) is 12.6. The summed E-state index contributed by atoms with van der Waals surface area (Å²) in [5.41, 5.74) is 2.48. The Kier molecular flexibility index (Phi) is 12.7. The van der Waals surface area contributed by atoms with Crippen LogP contribution < -0.4 is 4.74 Å². The number of fused-ring (bicyclic) bond motifs is 1. The number of carbonyl (C=O) groups is 2. The van der Waals surface area contributed by atoms with E-state index in [4.69, 9.17) is 18.9 Å². The number of ether oxygens (including phenoxy) is 4. The summed E-state index contributed by atoms with van der Waals surface area (Å²) in [5.74, 6) is -2.17. The van der Waals surface area contributed by atoms with E-state index in [1.54, 1.807) is 18.2 Å². The molecule has 5 rings (SSSR count). The highest BCUT2D eigenvalue weighted by atomic mass is 19.1. The second kappa shape index (κ2) is 17.4. The van der Waals surface area contributed by atoms with E-state index < -0.39 is 29.8 Å². The van der Waals surface area contributed by atoms with Crippen LogP contribution in [0.2, 0.25) is 0 Å². The number of benzene rings is 3. The van der Waals surface area contributed by atoms with Gasteiger partial charge < -0.3 is 24.1 Å². The Bertz CT molecular complexity index is 1510. The van der Waals surface area contributed by atoms with E-state index in [-0.39, 0.29) is 36.3 Å². The summed E-state index contributed by atoms with van der Waals surface area (Å²) in [5, 5.41) is 10.7. The maximum atomic E-state index is 14.0. The average molecular weight is 663 g/mol. The first-order valence-corrected chi connectivity index (χ1v) is 16.9. The third-order valence-electron chi connectivity index (χ3n) is 9.13. The van der Waals surface area contributed by atoms with Crippen molar-refractivity contribution in [2.24, 2.45) is 17.8 Å². The number of hydrogen-bond donors (Lipinski definition) is 1. The summed E-state index contributed by atoms with van der Waals surface area (Å²) in [6.45, 7) is 2.68. The summed E-state index contributed by atoms with van der Waals surface area (Å²) in [7, 11) is 0. The molecule has 256 valence electrons. The van der Waals surface area contributed by atoms with E-state index in [2.05, 4.69) is 0 Å². The van der Waals surface area contributed by atoms with Crippen molar-refractivity contribution in [2.45, 2.75) is 70.2 Å². The maximum absolute atomic E-state index is 14.0. The van der Waals surface area contributed by atoms with Gasteiger partial charge in [-0.25, -0.2) is 13.6 Å². The van der Waals surface area contributed by atoms with Crippen molar-refractivity contribution in [3.05, 3.63) is 102 Å². The molecule has 5 unspecified atom stereocenters. The average Bonchev–Trinajstić information content (AvgIpc) is 3.29. The first-order chi connectivity index (χ1) is 23.3. The molecule has 1 N–H and O–H groups in total. The van der Waals surface area contributed by atoms with Gasteiger partial charge in [0.25, 0.3) is 0 Å². The van der Waals surface area contributed by atoms with Gasteiger partial charge in [0, 0.05) is 31.4 Å². The lowest BCUT2D eigenvalue weighted by Gasteiger charge is -2.23. The fourth-order valence-electron chi connectivity index (χ4n) is 6.58. The molecule has 3 aromatic rings. The molecular weight excluding hydrogens is 618 g/mol. The highest BCUT2D eigenvalue weighted by molar-refractivity contribution is 5.90. The zero-order chi connectivity index (χ0) is 33.9. The summed E-state index contributed by atoms with van der Waals surface area (Å²) >= 11 is 0. The van der Waals surface area contributed by atoms with Crippen molar-refractivity contribution in [2.75, 3.05) is 19.8 Å². The monoisotopic (exact) mass is 662 g/mol. The van der Waals surface area contributed by atoms with Gasteiger partial charge in [0.1, 0.15) is 24.6 Å². The normalized spacial score (nSPS) is 22.9. The van der Waals surface area contributed by atoms with Crippen molar-refractivity contribution in [1.82, 2.24) is 0 Å². The quantitative estimate of drug-likeness (QED) is 0.140. The zero-order valence-corrected chi connectivity index (χ0v) is 27.3. The summed E-state index contributed by atoms with van der Waals surface area (Å²) in [4.78, 5) is 25.3. The van der Waals surface area contributed by atoms with E-state index in [0.29, 0.717) is 37.5 Å². The third-order valence-corrected chi connectivity index (χ3v) is 9.13. The lowest BCUT2D eigenvalue weighted by Crippen LogP contribution is -2.25. The van der Waals surface area contributed by atoms with Gasteiger partial charge in [0.15, 0.2) is 11.6 Å². The molecular formula is C39H44F2O7. The third kappa shape index (κ3) is 9.73. The topological polar surface area (TPSA) is 91.3 Å². The van der Waals surface area contributed by atoms with Crippen molar-refractivity contribution in [3.63, 3.8) is 0 Å². The Morgan fingerprint density at radius 2 is 1.79 bits per heavy atom. The van der Waals surface area contributed by atoms with Crippen LogP contribution in [0.15, 0.2) is 84.9 Å². The molecule has 0 amide bonds. The zero-order valence-electron chi connectivity index (χ0n) is 27.3. The molecule has 1 aliphatic heterocycles. The second-order valence-electron chi connectivity index (χ2n) is 12.6. The number of hydrogen-bond acceptors (Lipinski definition) is 7. The fourth-order valence-corrected chi connectivity index (χ4v) is 6.58. The Hall–Kier alpha value is -4.08.